The molecule has 0 radical (unpaired) electrons. The fourth-order valence-electron chi connectivity index (χ4n) is 6.21. The number of hydrogen-bond donors (Lipinski definition) is 4. The van der Waals surface area contributed by atoms with Crippen molar-refractivity contribution >= 4 is 17.3 Å². The number of ether oxygens (including phenoxy) is 2. The number of benzene rings is 4. The zero-order chi connectivity index (χ0) is 37.7. The highest BCUT2D eigenvalue weighted by Crippen LogP contribution is 2.37. The molecule has 0 aliphatic carbocycles. The molecule has 5 aromatic rings. The number of halogens is 1. The Morgan fingerprint density at radius 1 is 0.792 bits per heavy atom. The Balaban J connectivity index is 1.40. The van der Waals surface area contributed by atoms with Crippen molar-refractivity contribution in [3.8, 4) is 45.6 Å². The van der Waals surface area contributed by atoms with E-state index in [0.717, 1.165) is 67.9 Å². The van der Waals surface area contributed by atoms with E-state index in [2.05, 4.69) is 115 Å². The van der Waals surface area contributed by atoms with Gasteiger partial charge in [0.25, 0.3) is 0 Å². The zero-order valence-electron chi connectivity index (χ0n) is 31.2. The first-order valence-corrected chi connectivity index (χ1v) is 18.2. The van der Waals surface area contributed by atoms with Crippen LogP contribution < -0.4 is 20.1 Å². The predicted octanol–water partition coefficient (Wildman–Crippen LogP) is 7.76. The van der Waals surface area contributed by atoms with Crippen LogP contribution in [0.5, 0.6) is 11.5 Å². The van der Waals surface area contributed by atoms with Crippen LogP contribution in [0.25, 0.3) is 22.3 Å². The summed E-state index contributed by atoms with van der Waals surface area (Å²) in [6, 6.07) is 24.9. The van der Waals surface area contributed by atoms with E-state index >= 15 is 0 Å². The fourth-order valence-corrected chi connectivity index (χ4v) is 6.45. The highest BCUT2D eigenvalue weighted by Gasteiger charge is 2.16. The van der Waals surface area contributed by atoms with E-state index < -0.39 is 0 Å². The minimum absolute atomic E-state index is 0.0300. The van der Waals surface area contributed by atoms with Gasteiger partial charge in [-0.15, -0.1) is 0 Å². The summed E-state index contributed by atoms with van der Waals surface area (Å²) in [5.41, 5.74) is 12.7. The average Bonchev–Trinajstić information content (AvgIpc) is 3.15. The first kappa shape index (κ1) is 39.3. The standard InChI is InChI=1S/C44H49ClN4O4/c1-30-36(29-53-44-23-43(37(22-42(44)45)25-47-17-19-51)52-28-32-20-38(46-3)26-48-24-32)11-8-13-40(30)41-14-9-12-39(31(41)2)34-15-16-35(27-49(4)5)33(21-34)10-6-7-18-50/h8-9,11-16,20-24,26,46-47,50-51H,7,17-19,25,27-29H2,1-5H3. The molecular formula is C44H49ClN4O4. The number of aromatic nitrogens is 1. The predicted molar refractivity (Wildman–Crippen MR) is 215 cm³/mol. The summed E-state index contributed by atoms with van der Waals surface area (Å²) in [5.74, 6) is 7.56. The second-order valence-electron chi connectivity index (χ2n) is 13.2. The molecule has 0 fully saturated rings. The van der Waals surface area contributed by atoms with E-state index in [9.17, 15) is 10.2 Å². The summed E-state index contributed by atoms with van der Waals surface area (Å²) in [6.45, 7) is 6.71. The summed E-state index contributed by atoms with van der Waals surface area (Å²) in [7, 11) is 5.95. The third-order valence-electron chi connectivity index (χ3n) is 9.02. The van der Waals surface area contributed by atoms with Gasteiger partial charge in [0, 0.05) is 68.3 Å². The van der Waals surface area contributed by atoms with Gasteiger partial charge in [0.2, 0.25) is 0 Å². The van der Waals surface area contributed by atoms with Gasteiger partial charge < -0.3 is 35.2 Å². The van der Waals surface area contributed by atoms with Gasteiger partial charge in [-0.25, -0.2) is 0 Å². The lowest BCUT2D eigenvalue weighted by molar-refractivity contribution is 0.282. The van der Waals surface area contributed by atoms with Crippen molar-refractivity contribution in [3.05, 3.63) is 129 Å². The van der Waals surface area contributed by atoms with Crippen LogP contribution in [0.2, 0.25) is 5.02 Å². The monoisotopic (exact) mass is 732 g/mol. The Morgan fingerprint density at radius 3 is 2.30 bits per heavy atom. The maximum absolute atomic E-state index is 9.30. The lowest BCUT2D eigenvalue weighted by atomic mass is 9.88. The topological polar surface area (TPSA) is 99.1 Å². The van der Waals surface area contributed by atoms with Gasteiger partial charge in [-0.2, -0.15) is 0 Å². The molecular weight excluding hydrogens is 684 g/mol. The molecule has 8 nitrogen and oxygen atoms in total. The van der Waals surface area contributed by atoms with E-state index in [4.69, 9.17) is 21.1 Å². The van der Waals surface area contributed by atoms with Gasteiger partial charge in [-0.3, -0.25) is 4.98 Å². The maximum atomic E-state index is 9.30. The van der Waals surface area contributed by atoms with Crippen LogP contribution in [0.3, 0.4) is 0 Å². The smallest absolute Gasteiger partial charge is 0.142 e. The molecule has 1 heterocycles. The first-order valence-electron chi connectivity index (χ1n) is 17.8. The Labute approximate surface area is 318 Å². The van der Waals surface area contributed by atoms with Crippen LogP contribution in [-0.4, -0.2) is 61.0 Å². The number of hydrogen-bond acceptors (Lipinski definition) is 8. The number of pyridine rings is 1. The Hall–Kier alpha value is -4.88. The largest absolute Gasteiger partial charge is 0.488 e. The Morgan fingerprint density at radius 2 is 1.55 bits per heavy atom. The van der Waals surface area contributed by atoms with Crippen molar-refractivity contribution in [1.29, 1.82) is 0 Å². The highest BCUT2D eigenvalue weighted by molar-refractivity contribution is 6.32. The molecule has 0 saturated heterocycles. The highest BCUT2D eigenvalue weighted by atomic mass is 35.5. The van der Waals surface area contributed by atoms with Crippen molar-refractivity contribution in [2.45, 2.75) is 46.6 Å². The molecule has 1 aromatic heterocycles. The van der Waals surface area contributed by atoms with Crippen LogP contribution in [0.1, 0.15) is 45.4 Å². The molecule has 0 amide bonds. The summed E-state index contributed by atoms with van der Waals surface area (Å²) < 4.78 is 12.7. The van der Waals surface area contributed by atoms with Crippen LogP contribution in [0.4, 0.5) is 5.69 Å². The number of aliphatic hydroxyl groups is 2. The summed E-state index contributed by atoms with van der Waals surface area (Å²) >= 11 is 6.78. The molecule has 0 atom stereocenters. The Kier molecular flexibility index (Phi) is 14.3. The third kappa shape index (κ3) is 10.4. The van der Waals surface area contributed by atoms with Crippen LogP contribution in [0, 0.1) is 25.7 Å². The number of rotatable bonds is 16. The molecule has 0 aliphatic rings. The second-order valence-corrected chi connectivity index (χ2v) is 13.6. The summed E-state index contributed by atoms with van der Waals surface area (Å²) in [6.07, 6.45) is 3.98. The molecule has 0 aliphatic heterocycles. The van der Waals surface area contributed by atoms with Crippen molar-refractivity contribution in [3.63, 3.8) is 0 Å². The molecule has 4 aromatic carbocycles. The lowest BCUT2D eigenvalue weighted by Crippen LogP contribution is -2.18. The normalized spacial score (nSPS) is 11.0. The quantitative estimate of drug-likeness (QED) is 0.0604. The van der Waals surface area contributed by atoms with Gasteiger partial charge >= 0.3 is 0 Å². The SMILES string of the molecule is CNc1cncc(COc2cc(OCc3cccc(-c4cccc(-c5ccc(CN(C)C)c(C#CCCO)c5)c4C)c3C)c(Cl)cc2CNCCO)c1. The fraction of sp³-hybridized carbons (Fsp3) is 0.295. The Bertz CT molecular complexity index is 2070. The number of nitrogens with one attached hydrogen (secondary N) is 2. The molecule has 0 spiro atoms. The molecule has 276 valence electrons. The van der Waals surface area contributed by atoms with Crippen molar-refractivity contribution in [1.82, 2.24) is 15.2 Å². The van der Waals surface area contributed by atoms with Crippen LogP contribution in [0.15, 0.2) is 85.2 Å². The summed E-state index contributed by atoms with van der Waals surface area (Å²) in [5, 5.41) is 25.4. The van der Waals surface area contributed by atoms with E-state index in [1.807, 2.05) is 25.2 Å². The summed E-state index contributed by atoms with van der Waals surface area (Å²) in [4.78, 5) is 6.43. The second kappa shape index (κ2) is 19.3. The number of anilines is 1. The van der Waals surface area contributed by atoms with E-state index in [1.54, 1.807) is 12.4 Å². The average molecular weight is 733 g/mol. The molecule has 0 bridgehead atoms. The number of aliphatic hydroxyl groups excluding tert-OH is 2. The van der Waals surface area contributed by atoms with Gasteiger partial charge in [0.1, 0.15) is 24.7 Å². The van der Waals surface area contributed by atoms with Crippen molar-refractivity contribution in [2.75, 3.05) is 46.2 Å². The van der Waals surface area contributed by atoms with Crippen LogP contribution in [-0.2, 0) is 26.3 Å². The van der Waals surface area contributed by atoms with Gasteiger partial charge in [-0.1, -0.05) is 72.0 Å². The number of nitrogens with zero attached hydrogens (tertiary/aromatic N) is 2. The van der Waals surface area contributed by atoms with Crippen molar-refractivity contribution < 1.29 is 19.7 Å². The van der Waals surface area contributed by atoms with Gasteiger partial charge in [0.05, 0.1) is 23.9 Å². The maximum Gasteiger partial charge on any atom is 0.142 e. The third-order valence-corrected chi connectivity index (χ3v) is 9.31. The van der Waals surface area contributed by atoms with E-state index in [1.165, 1.54) is 5.56 Å². The first-order chi connectivity index (χ1) is 25.7. The molecule has 0 unspecified atom stereocenters. The molecule has 4 N–H and O–H groups in total. The van der Waals surface area contributed by atoms with Crippen molar-refractivity contribution in [2.24, 2.45) is 0 Å². The molecule has 0 saturated carbocycles. The van der Waals surface area contributed by atoms with E-state index in [0.29, 0.717) is 49.2 Å². The molecule has 53 heavy (non-hydrogen) atoms. The minimum Gasteiger partial charge on any atom is -0.488 e. The zero-order valence-corrected chi connectivity index (χ0v) is 32.0. The van der Waals surface area contributed by atoms with Gasteiger partial charge in [0.15, 0.2) is 0 Å². The van der Waals surface area contributed by atoms with Gasteiger partial charge in [-0.05, 0) is 90.6 Å². The molecule has 9 heteroatoms. The van der Waals surface area contributed by atoms with E-state index in [-0.39, 0.29) is 13.2 Å². The molecule has 5 rings (SSSR count). The minimum atomic E-state index is 0.0300. The van der Waals surface area contributed by atoms with Crippen LogP contribution >= 0.6 is 11.6 Å². The lowest BCUT2D eigenvalue weighted by Gasteiger charge is -2.19.